The SMILES string of the molecule is C=CCC(C)(C)CC(=O)N(C)CCC. The van der Waals surface area contributed by atoms with Crippen LogP contribution in [0, 0.1) is 5.41 Å². The summed E-state index contributed by atoms with van der Waals surface area (Å²) in [6.07, 6.45) is 4.39. The van der Waals surface area contributed by atoms with Crippen LogP contribution >= 0.6 is 0 Å². The quantitative estimate of drug-likeness (QED) is 0.600. The van der Waals surface area contributed by atoms with Crippen molar-refractivity contribution in [3.05, 3.63) is 12.7 Å². The number of rotatable bonds is 6. The van der Waals surface area contributed by atoms with E-state index in [4.69, 9.17) is 0 Å². The van der Waals surface area contributed by atoms with Crippen LogP contribution in [0.2, 0.25) is 0 Å². The molecule has 0 aliphatic rings. The summed E-state index contributed by atoms with van der Waals surface area (Å²) in [6, 6.07) is 0. The fourth-order valence-corrected chi connectivity index (χ4v) is 1.47. The van der Waals surface area contributed by atoms with E-state index < -0.39 is 0 Å². The molecular weight excluding hydrogens is 174 g/mol. The maximum absolute atomic E-state index is 11.7. The van der Waals surface area contributed by atoms with Gasteiger partial charge in [-0.2, -0.15) is 0 Å². The van der Waals surface area contributed by atoms with Gasteiger partial charge < -0.3 is 4.90 Å². The van der Waals surface area contributed by atoms with Crippen LogP contribution in [0.4, 0.5) is 0 Å². The minimum absolute atomic E-state index is 0.0425. The zero-order valence-corrected chi connectivity index (χ0v) is 9.97. The third-order valence-electron chi connectivity index (χ3n) is 2.31. The molecule has 0 heterocycles. The molecule has 0 unspecified atom stereocenters. The second kappa shape index (κ2) is 5.84. The van der Waals surface area contributed by atoms with Gasteiger partial charge in [0.2, 0.25) is 5.91 Å². The summed E-state index contributed by atoms with van der Waals surface area (Å²) in [6.45, 7) is 10.8. The van der Waals surface area contributed by atoms with Crippen LogP contribution in [0.1, 0.15) is 40.0 Å². The van der Waals surface area contributed by atoms with Crippen LogP contribution in [0.15, 0.2) is 12.7 Å². The smallest absolute Gasteiger partial charge is 0.222 e. The average molecular weight is 197 g/mol. The van der Waals surface area contributed by atoms with Gasteiger partial charge in [0.25, 0.3) is 0 Å². The molecule has 1 amide bonds. The lowest BCUT2D eigenvalue weighted by molar-refractivity contribution is -0.131. The van der Waals surface area contributed by atoms with Crippen molar-refractivity contribution < 1.29 is 4.79 Å². The minimum atomic E-state index is 0.0425. The van der Waals surface area contributed by atoms with Crippen molar-refractivity contribution >= 4 is 5.91 Å². The van der Waals surface area contributed by atoms with Gasteiger partial charge >= 0.3 is 0 Å². The Morgan fingerprint density at radius 1 is 1.50 bits per heavy atom. The fraction of sp³-hybridized carbons (Fsp3) is 0.750. The van der Waals surface area contributed by atoms with E-state index in [0.717, 1.165) is 19.4 Å². The molecule has 0 N–H and O–H groups in total. The lowest BCUT2D eigenvalue weighted by Crippen LogP contribution is -2.31. The molecule has 82 valence electrons. The Morgan fingerprint density at radius 3 is 2.50 bits per heavy atom. The average Bonchev–Trinajstić information content (AvgIpc) is 2.03. The molecule has 0 atom stereocenters. The van der Waals surface area contributed by atoms with Crippen molar-refractivity contribution in [2.75, 3.05) is 13.6 Å². The maximum atomic E-state index is 11.7. The van der Waals surface area contributed by atoms with Crippen LogP contribution in [0.5, 0.6) is 0 Å². The highest BCUT2D eigenvalue weighted by Crippen LogP contribution is 2.25. The Bertz CT molecular complexity index is 196. The number of carbonyl (C=O) groups is 1. The number of hydrogen-bond acceptors (Lipinski definition) is 1. The van der Waals surface area contributed by atoms with E-state index >= 15 is 0 Å². The normalized spacial score (nSPS) is 11.1. The monoisotopic (exact) mass is 197 g/mol. The van der Waals surface area contributed by atoms with Crippen molar-refractivity contribution in [3.63, 3.8) is 0 Å². The number of nitrogens with zero attached hydrogens (tertiary/aromatic N) is 1. The van der Waals surface area contributed by atoms with Gasteiger partial charge in [-0.25, -0.2) is 0 Å². The third kappa shape index (κ3) is 5.05. The molecule has 0 rings (SSSR count). The highest BCUT2D eigenvalue weighted by atomic mass is 16.2. The molecule has 14 heavy (non-hydrogen) atoms. The first-order valence-electron chi connectivity index (χ1n) is 5.28. The van der Waals surface area contributed by atoms with E-state index in [-0.39, 0.29) is 11.3 Å². The second-order valence-electron chi connectivity index (χ2n) is 4.65. The van der Waals surface area contributed by atoms with Crippen LogP contribution in [-0.4, -0.2) is 24.4 Å². The molecule has 0 fully saturated rings. The fourth-order valence-electron chi connectivity index (χ4n) is 1.47. The summed E-state index contributed by atoms with van der Waals surface area (Å²) in [7, 11) is 1.87. The molecule has 0 aromatic rings. The Morgan fingerprint density at radius 2 is 2.07 bits per heavy atom. The topological polar surface area (TPSA) is 20.3 Å². The summed E-state index contributed by atoms with van der Waals surface area (Å²) in [5, 5.41) is 0. The Balaban J connectivity index is 4.09. The maximum Gasteiger partial charge on any atom is 0.222 e. The van der Waals surface area contributed by atoms with Gasteiger partial charge in [-0.15, -0.1) is 6.58 Å². The zero-order valence-electron chi connectivity index (χ0n) is 9.97. The van der Waals surface area contributed by atoms with Crippen molar-refractivity contribution in [1.29, 1.82) is 0 Å². The highest BCUT2D eigenvalue weighted by Gasteiger charge is 2.22. The number of amides is 1. The third-order valence-corrected chi connectivity index (χ3v) is 2.31. The molecule has 0 aliphatic carbocycles. The Labute approximate surface area is 88.0 Å². The van der Waals surface area contributed by atoms with Gasteiger partial charge in [0.15, 0.2) is 0 Å². The van der Waals surface area contributed by atoms with E-state index in [1.807, 2.05) is 18.0 Å². The van der Waals surface area contributed by atoms with Crippen LogP contribution < -0.4 is 0 Å². The Hall–Kier alpha value is -0.790. The van der Waals surface area contributed by atoms with Gasteiger partial charge in [-0.05, 0) is 18.3 Å². The minimum Gasteiger partial charge on any atom is -0.346 e. The molecule has 0 spiro atoms. The first-order chi connectivity index (χ1) is 6.43. The highest BCUT2D eigenvalue weighted by molar-refractivity contribution is 5.76. The summed E-state index contributed by atoms with van der Waals surface area (Å²) in [4.78, 5) is 13.5. The molecule has 0 bridgehead atoms. The van der Waals surface area contributed by atoms with E-state index in [0.29, 0.717) is 6.42 Å². The van der Waals surface area contributed by atoms with Gasteiger partial charge in [-0.1, -0.05) is 26.8 Å². The lowest BCUT2D eigenvalue weighted by Gasteiger charge is -2.25. The van der Waals surface area contributed by atoms with Gasteiger partial charge in [0.1, 0.15) is 0 Å². The number of hydrogen-bond donors (Lipinski definition) is 0. The molecule has 0 saturated carbocycles. The molecule has 2 heteroatoms. The number of carbonyl (C=O) groups excluding carboxylic acids is 1. The van der Waals surface area contributed by atoms with E-state index in [2.05, 4.69) is 27.4 Å². The second-order valence-corrected chi connectivity index (χ2v) is 4.65. The molecule has 0 saturated heterocycles. The van der Waals surface area contributed by atoms with Gasteiger partial charge in [0, 0.05) is 20.0 Å². The summed E-state index contributed by atoms with van der Waals surface area (Å²) >= 11 is 0. The van der Waals surface area contributed by atoms with E-state index in [9.17, 15) is 4.79 Å². The molecule has 2 nitrogen and oxygen atoms in total. The van der Waals surface area contributed by atoms with Gasteiger partial charge in [0.05, 0.1) is 0 Å². The van der Waals surface area contributed by atoms with E-state index in [1.165, 1.54) is 0 Å². The van der Waals surface area contributed by atoms with Crippen LogP contribution in [0.25, 0.3) is 0 Å². The van der Waals surface area contributed by atoms with Crippen LogP contribution in [-0.2, 0) is 4.79 Å². The predicted octanol–water partition coefficient (Wildman–Crippen LogP) is 2.85. The van der Waals surface area contributed by atoms with Crippen molar-refractivity contribution in [2.45, 2.75) is 40.0 Å². The van der Waals surface area contributed by atoms with Gasteiger partial charge in [-0.3, -0.25) is 4.79 Å². The molecule has 0 aromatic carbocycles. The first-order valence-corrected chi connectivity index (χ1v) is 5.28. The molecular formula is C12H23NO. The number of allylic oxidation sites excluding steroid dienone is 1. The Kier molecular flexibility index (Phi) is 5.51. The molecule has 0 aromatic heterocycles. The van der Waals surface area contributed by atoms with Crippen LogP contribution in [0.3, 0.4) is 0 Å². The van der Waals surface area contributed by atoms with Crippen molar-refractivity contribution in [3.8, 4) is 0 Å². The summed E-state index contributed by atoms with van der Waals surface area (Å²) in [5.41, 5.74) is 0.0425. The zero-order chi connectivity index (χ0) is 11.2. The van der Waals surface area contributed by atoms with E-state index in [1.54, 1.807) is 0 Å². The summed E-state index contributed by atoms with van der Waals surface area (Å²) < 4.78 is 0. The standard InChI is InChI=1S/C12H23NO/c1-6-8-12(3,4)10-11(14)13(5)9-7-2/h6H,1,7-10H2,2-5H3. The predicted molar refractivity (Wildman–Crippen MR) is 61.1 cm³/mol. The first kappa shape index (κ1) is 13.2. The molecule has 0 radical (unpaired) electrons. The lowest BCUT2D eigenvalue weighted by atomic mass is 9.85. The van der Waals surface area contributed by atoms with Crippen molar-refractivity contribution in [1.82, 2.24) is 4.90 Å². The summed E-state index contributed by atoms with van der Waals surface area (Å²) in [5.74, 6) is 0.235. The molecule has 0 aliphatic heterocycles. The van der Waals surface area contributed by atoms with Crippen molar-refractivity contribution in [2.24, 2.45) is 5.41 Å². The largest absolute Gasteiger partial charge is 0.346 e.